The smallest absolute Gasteiger partial charge is 0.306 e. The first kappa shape index (κ1) is 17.5. The second-order valence-corrected chi connectivity index (χ2v) is 8.42. The Labute approximate surface area is 158 Å². The normalized spacial score (nSPS) is 12.7. The van der Waals surface area contributed by atoms with E-state index in [2.05, 4.69) is 4.98 Å². The van der Waals surface area contributed by atoms with Crippen LogP contribution < -0.4 is 19.0 Å². The lowest BCUT2D eigenvalue weighted by molar-refractivity contribution is 0.391. The number of hydrogen-bond donors (Lipinski definition) is 0. The number of aromatic nitrogens is 2. The van der Waals surface area contributed by atoms with Crippen LogP contribution in [0.4, 0.5) is 0 Å². The van der Waals surface area contributed by atoms with Crippen molar-refractivity contribution < 1.29 is 17.3 Å². The van der Waals surface area contributed by atoms with Gasteiger partial charge in [-0.3, -0.25) is 4.79 Å². The van der Waals surface area contributed by atoms with Gasteiger partial charge in [0.2, 0.25) is 0 Å². The van der Waals surface area contributed by atoms with E-state index in [0.29, 0.717) is 15.1 Å². The number of methoxy groups -OCH3 is 1. The number of benzene rings is 2. The van der Waals surface area contributed by atoms with Crippen molar-refractivity contribution in [3.63, 3.8) is 0 Å². The van der Waals surface area contributed by atoms with E-state index >= 15 is 0 Å². The van der Waals surface area contributed by atoms with E-state index in [1.54, 1.807) is 22.6 Å². The number of rotatable bonds is 4. The Hall–Kier alpha value is -2.91. The molecule has 2 aromatic carbocycles. The molecule has 0 unspecified atom stereocenters. The molecule has 0 aliphatic heterocycles. The van der Waals surface area contributed by atoms with Gasteiger partial charge in [0.25, 0.3) is 5.56 Å². The number of thiazole rings is 1. The molecule has 2 heterocycles. The third kappa shape index (κ3) is 3.26. The molecule has 0 spiro atoms. The molecule has 0 saturated heterocycles. The molecule has 0 saturated carbocycles. The van der Waals surface area contributed by atoms with Gasteiger partial charge in [-0.05, 0) is 35.9 Å². The average molecular weight is 402 g/mol. The first-order valence-corrected chi connectivity index (χ1v) is 10.5. The van der Waals surface area contributed by atoms with E-state index in [1.807, 2.05) is 24.3 Å². The van der Waals surface area contributed by atoms with Gasteiger partial charge in [0.1, 0.15) is 0 Å². The van der Waals surface area contributed by atoms with E-state index in [4.69, 9.17) is 8.92 Å². The first-order chi connectivity index (χ1) is 12.9. The van der Waals surface area contributed by atoms with Gasteiger partial charge in [-0.1, -0.05) is 29.5 Å². The summed E-state index contributed by atoms with van der Waals surface area (Å²) in [5, 5.41) is 0. The highest BCUT2D eigenvalue weighted by Gasteiger charge is 2.13. The van der Waals surface area contributed by atoms with Gasteiger partial charge >= 0.3 is 10.1 Å². The maximum atomic E-state index is 12.8. The lowest BCUT2D eigenvalue weighted by Crippen LogP contribution is -2.22. The van der Waals surface area contributed by atoms with Crippen LogP contribution in [0.15, 0.2) is 47.3 Å². The Morgan fingerprint density at radius 3 is 2.67 bits per heavy atom. The quantitative estimate of drug-likeness (QED) is 0.484. The molecule has 0 bridgehead atoms. The summed E-state index contributed by atoms with van der Waals surface area (Å²) < 4.78 is 34.9. The van der Waals surface area contributed by atoms with Crippen LogP contribution in [0.25, 0.3) is 22.1 Å². The summed E-state index contributed by atoms with van der Waals surface area (Å²) in [7, 11) is -2.25. The number of nitrogens with zero attached hydrogens (tertiary/aromatic N) is 2. The van der Waals surface area contributed by atoms with Crippen LogP contribution in [0.5, 0.6) is 11.5 Å². The number of fused-ring (bicyclic) bond motifs is 3. The number of hydrogen-bond acceptors (Lipinski definition) is 7. The molecule has 4 aromatic rings. The highest BCUT2D eigenvalue weighted by atomic mass is 32.2. The second-order valence-electron chi connectivity index (χ2n) is 5.83. The Morgan fingerprint density at radius 2 is 1.93 bits per heavy atom. The number of imidazole rings is 1. The largest absolute Gasteiger partial charge is 0.493 e. The molecule has 2 aromatic heterocycles. The van der Waals surface area contributed by atoms with Crippen molar-refractivity contribution in [1.29, 1.82) is 0 Å². The van der Waals surface area contributed by atoms with Crippen LogP contribution in [0.3, 0.4) is 0 Å². The van der Waals surface area contributed by atoms with Crippen LogP contribution >= 0.6 is 11.3 Å². The topological polar surface area (TPSA) is 87.0 Å². The van der Waals surface area contributed by atoms with E-state index < -0.39 is 10.1 Å². The third-order valence-corrected chi connectivity index (χ3v) is 5.32. The van der Waals surface area contributed by atoms with Crippen LogP contribution in [0, 0.1) is 0 Å². The lowest BCUT2D eigenvalue weighted by atomic mass is 10.2. The van der Waals surface area contributed by atoms with Crippen molar-refractivity contribution in [2.24, 2.45) is 0 Å². The van der Waals surface area contributed by atoms with Gasteiger partial charge in [-0.2, -0.15) is 8.42 Å². The average Bonchev–Trinajstić information content (AvgIpc) is 3.12. The van der Waals surface area contributed by atoms with Gasteiger partial charge in [-0.25, -0.2) is 9.38 Å². The van der Waals surface area contributed by atoms with Crippen LogP contribution in [-0.4, -0.2) is 31.2 Å². The number of ether oxygens (including phenoxy) is 1. The minimum Gasteiger partial charge on any atom is -0.493 e. The monoisotopic (exact) mass is 402 g/mol. The fourth-order valence-electron chi connectivity index (χ4n) is 2.77. The van der Waals surface area contributed by atoms with Crippen molar-refractivity contribution in [2.75, 3.05) is 13.4 Å². The third-order valence-electron chi connectivity index (χ3n) is 3.87. The fraction of sp³-hybridized carbons (Fsp3) is 0.111. The molecule has 0 aliphatic carbocycles. The van der Waals surface area contributed by atoms with Gasteiger partial charge < -0.3 is 8.92 Å². The molecular weight excluding hydrogens is 388 g/mol. The summed E-state index contributed by atoms with van der Waals surface area (Å²) in [6, 6.07) is 12.2. The van der Waals surface area contributed by atoms with Gasteiger partial charge in [0, 0.05) is 0 Å². The Balaban J connectivity index is 1.84. The molecule has 0 atom stereocenters. The fourth-order valence-corrected chi connectivity index (χ4v) is 4.22. The zero-order chi connectivity index (χ0) is 19.2. The van der Waals surface area contributed by atoms with Crippen LogP contribution in [-0.2, 0) is 10.1 Å². The molecule has 0 radical (unpaired) electrons. The highest BCUT2D eigenvalue weighted by Crippen LogP contribution is 2.29. The standard InChI is InChI=1S/C18H14N2O5S2/c1-24-15-9-11(7-8-14(15)25-27(2,22)23)10-16-17(21)20-13-6-4-3-5-12(13)19-18(20)26-16/h3-10H,1-2H3/b16-10+. The van der Waals surface area contributed by atoms with Crippen molar-refractivity contribution >= 4 is 43.5 Å². The molecule has 0 fully saturated rings. The molecule has 27 heavy (non-hydrogen) atoms. The van der Waals surface area contributed by atoms with Crippen molar-refractivity contribution in [2.45, 2.75) is 0 Å². The van der Waals surface area contributed by atoms with Gasteiger partial charge in [-0.15, -0.1) is 0 Å². The maximum Gasteiger partial charge on any atom is 0.306 e. The van der Waals surface area contributed by atoms with Gasteiger partial charge in [0.15, 0.2) is 16.5 Å². The van der Waals surface area contributed by atoms with Crippen molar-refractivity contribution in [3.8, 4) is 11.5 Å². The zero-order valence-corrected chi connectivity index (χ0v) is 16.0. The predicted molar refractivity (Wildman–Crippen MR) is 104 cm³/mol. The van der Waals surface area contributed by atoms with Crippen LogP contribution in [0.2, 0.25) is 0 Å². The Morgan fingerprint density at radius 1 is 1.15 bits per heavy atom. The Bertz CT molecular complexity index is 1390. The first-order valence-electron chi connectivity index (χ1n) is 7.85. The van der Waals surface area contributed by atoms with E-state index in [1.165, 1.54) is 24.5 Å². The summed E-state index contributed by atoms with van der Waals surface area (Å²) in [5.74, 6) is 0.347. The van der Waals surface area contributed by atoms with Crippen molar-refractivity contribution in [3.05, 3.63) is 62.9 Å². The van der Waals surface area contributed by atoms with E-state index in [0.717, 1.165) is 17.3 Å². The molecule has 4 rings (SSSR count). The summed E-state index contributed by atoms with van der Waals surface area (Å²) >= 11 is 1.29. The summed E-state index contributed by atoms with van der Waals surface area (Å²) in [6.07, 6.45) is 2.67. The highest BCUT2D eigenvalue weighted by molar-refractivity contribution is 7.86. The molecule has 0 amide bonds. The van der Waals surface area contributed by atoms with Crippen molar-refractivity contribution in [1.82, 2.24) is 9.38 Å². The molecule has 7 nitrogen and oxygen atoms in total. The van der Waals surface area contributed by atoms with E-state index in [-0.39, 0.29) is 17.1 Å². The SMILES string of the molecule is COc1cc(/C=c2/sc3nc4ccccc4n3c2=O)ccc1OS(C)(=O)=O. The molecule has 0 aliphatic rings. The summed E-state index contributed by atoms with van der Waals surface area (Å²) in [6.45, 7) is 0. The number of para-hydroxylation sites is 2. The van der Waals surface area contributed by atoms with Gasteiger partial charge in [0.05, 0.1) is 28.9 Å². The second kappa shape index (κ2) is 6.36. The lowest BCUT2D eigenvalue weighted by Gasteiger charge is -2.08. The minimum atomic E-state index is -3.67. The Kier molecular flexibility index (Phi) is 4.12. The molecule has 138 valence electrons. The summed E-state index contributed by atoms with van der Waals surface area (Å²) in [4.78, 5) is 17.9. The molecular formula is C18H14N2O5S2. The maximum absolute atomic E-state index is 12.8. The zero-order valence-electron chi connectivity index (χ0n) is 14.4. The van der Waals surface area contributed by atoms with E-state index in [9.17, 15) is 13.2 Å². The molecule has 9 heteroatoms. The molecule has 0 N–H and O–H groups in total. The summed E-state index contributed by atoms with van der Waals surface area (Å²) in [5.41, 5.74) is 2.07. The minimum absolute atomic E-state index is 0.0893. The van der Waals surface area contributed by atoms with Crippen LogP contribution in [0.1, 0.15) is 5.56 Å². The predicted octanol–water partition coefficient (Wildman–Crippen LogP) is 1.80.